The van der Waals surface area contributed by atoms with Crippen molar-refractivity contribution in [2.24, 2.45) is 5.92 Å². The summed E-state index contributed by atoms with van der Waals surface area (Å²) in [5.41, 5.74) is 2.83. The summed E-state index contributed by atoms with van der Waals surface area (Å²) in [5, 5.41) is 7.84. The summed E-state index contributed by atoms with van der Waals surface area (Å²) in [5.74, 6) is 1.31. The number of hydrogen-bond acceptors (Lipinski definition) is 3. The molecule has 0 fully saturated rings. The van der Waals surface area contributed by atoms with E-state index in [1.807, 2.05) is 41.9 Å². The average molecular weight is 269 g/mol. The van der Waals surface area contributed by atoms with Gasteiger partial charge in [0.2, 0.25) is 0 Å². The van der Waals surface area contributed by atoms with Crippen molar-refractivity contribution < 1.29 is 4.79 Å². The second kappa shape index (κ2) is 5.12. The maximum absolute atomic E-state index is 12.3. The number of aromatic nitrogens is 2. The van der Waals surface area contributed by atoms with Crippen LogP contribution in [0, 0.1) is 5.92 Å². The van der Waals surface area contributed by atoms with Gasteiger partial charge in [0.15, 0.2) is 11.6 Å². The van der Waals surface area contributed by atoms with Crippen molar-refractivity contribution in [1.29, 1.82) is 0 Å². The zero-order valence-electron chi connectivity index (χ0n) is 11.9. The summed E-state index contributed by atoms with van der Waals surface area (Å²) in [6.45, 7) is 4.90. The number of carbonyl (C=O) groups excluding carboxylic acids is 1. The van der Waals surface area contributed by atoms with E-state index in [-0.39, 0.29) is 5.78 Å². The maximum Gasteiger partial charge on any atom is 0.168 e. The molecular formula is C16H19N3O. The summed E-state index contributed by atoms with van der Waals surface area (Å²) in [7, 11) is 0. The van der Waals surface area contributed by atoms with Gasteiger partial charge in [0.05, 0.1) is 16.9 Å². The fraction of sp³-hybridized carbons (Fsp3) is 0.375. The second-order valence-corrected chi connectivity index (χ2v) is 5.38. The SMILES string of the molecule is CCNc1nn(-c2ccccc2)c2c1C(=O)C[C@H](C)C2. The van der Waals surface area contributed by atoms with Crippen LogP contribution in [0.15, 0.2) is 30.3 Å². The van der Waals surface area contributed by atoms with E-state index in [2.05, 4.69) is 17.3 Å². The average Bonchev–Trinajstić information content (AvgIpc) is 2.79. The van der Waals surface area contributed by atoms with Gasteiger partial charge < -0.3 is 5.32 Å². The predicted molar refractivity (Wildman–Crippen MR) is 79.5 cm³/mol. The van der Waals surface area contributed by atoms with Crippen molar-refractivity contribution in [3.8, 4) is 5.69 Å². The number of anilines is 1. The van der Waals surface area contributed by atoms with Gasteiger partial charge in [-0.3, -0.25) is 4.79 Å². The first-order valence-corrected chi connectivity index (χ1v) is 7.15. The van der Waals surface area contributed by atoms with Gasteiger partial charge in [-0.15, -0.1) is 5.10 Å². The van der Waals surface area contributed by atoms with Crippen molar-refractivity contribution in [3.05, 3.63) is 41.6 Å². The molecule has 0 saturated heterocycles. The van der Waals surface area contributed by atoms with E-state index in [0.29, 0.717) is 12.3 Å². The molecule has 1 N–H and O–H groups in total. The molecule has 1 heterocycles. The van der Waals surface area contributed by atoms with Crippen LogP contribution < -0.4 is 5.32 Å². The fourth-order valence-corrected chi connectivity index (χ4v) is 2.83. The summed E-state index contributed by atoms with van der Waals surface area (Å²) in [6.07, 6.45) is 1.51. The molecule has 3 rings (SSSR count). The molecule has 0 radical (unpaired) electrons. The first-order valence-electron chi connectivity index (χ1n) is 7.15. The highest BCUT2D eigenvalue weighted by Crippen LogP contribution is 2.32. The minimum atomic E-state index is 0.205. The van der Waals surface area contributed by atoms with Crippen LogP contribution in [0.1, 0.15) is 36.3 Å². The largest absolute Gasteiger partial charge is 0.368 e. The Labute approximate surface area is 118 Å². The van der Waals surface area contributed by atoms with Crippen LogP contribution in [-0.4, -0.2) is 22.1 Å². The lowest BCUT2D eigenvalue weighted by Crippen LogP contribution is -2.20. The molecule has 20 heavy (non-hydrogen) atoms. The van der Waals surface area contributed by atoms with Gasteiger partial charge >= 0.3 is 0 Å². The Balaban J connectivity index is 2.16. The van der Waals surface area contributed by atoms with Crippen LogP contribution in [0.4, 0.5) is 5.82 Å². The van der Waals surface area contributed by atoms with Crippen molar-refractivity contribution in [2.75, 3.05) is 11.9 Å². The Morgan fingerprint density at radius 3 is 2.75 bits per heavy atom. The Morgan fingerprint density at radius 2 is 2.05 bits per heavy atom. The number of ketones is 1. The molecular weight excluding hydrogens is 250 g/mol. The summed E-state index contributed by atoms with van der Waals surface area (Å²) in [4.78, 5) is 12.3. The van der Waals surface area contributed by atoms with Crippen LogP contribution in [0.25, 0.3) is 5.69 Å². The zero-order valence-corrected chi connectivity index (χ0v) is 11.9. The van der Waals surface area contributed by atoms with E-state index in [1.54, 1.807) is 0 Å². The van der Waals surface area contributed by atoms with Crippen molar-refractivity contribution in [3.63, 3.8) is 0 Å². The van der Waals surface area contributed by atoms with Crippen molar-refractivity contribution >= 4 is 11.6 Å². The number of para-hydroxylation sites is 1. The predicted octanol–water partition coefficient (Wildman–Crippen LogP) is 3.07. The number of rotatable bonds is 3. The van der Waals surface area contributed by atoms with Gasteiger partial charge in [-0.1, -0.05) is 25.1 Å². The lowest BCUT2D eigenvalue weighted by molar-refractivity contribution is 0.0953. The highest BCUT2D eigenvalue weighted by molar-refractivity contribution is 6.02. The van der Waals surface area contributed by atoms with Crippen LogP contribution in [-0.2, 0) is 6.42 Å². The van der Waals surface area contributed by atoms with Gasteiger partial charge in [0.1, 0.15) is 0 Å². The smallest absolute Gasteiger partial charge is 0.168 e. The molecule has 1 aliphatic rings. The molecule has 0 aliphatic heterocycles. The first kappa shape index (κ1) is 12.9. The summed E-state index contributed by atoms with van der Waals surface area (Å²) < 4.78 is 1.92. The monoisotopic (exact) mass is 269 g/mol. The Bertz CT molecular complexity index is 631. The molecule has 0 amide bonds. The van der Waals surface area contributed by atoms with Gasteiger partial charge in [-0.05, 0) is 31.4 Å². The van der Waals surface area contributed by atoms with Gasteiger partial charge in [-0.2, -0.15) is 0 Å². The molecule has 1 aromatic heterocycles. The van der Waals surface area contributed by atoms with Gasteiger partial charge in [0.25, 0.3) is 0 Å². The third kappa shape index (κ3) is 2.11. The molecule has 104 valence electrons. The minimum Gasteiger partial charge on any atom is -0.368 e. The second-order valence-electron chi connectivity index (χ2n) is 5.38. The molecule has 0 spiro atoms. The number of hydrogen-bond donors (Lipinski definition) is 1. The first-order chi connectivity index (χ1) is 9.70. The Kier molecular flexibility index (Phi) is 3.30. The normalized spacial score (nSPS) is 17.9. The third-order valence-corrected chi connectivity index (χ3v) is 3.68. The number of nitrogens with one attached hydrogen (secondary N) is 1. The number of Topliss-reactive ketones (excluding diaryl/α,β-unsaturated/α-hetero) is 1. The van der Waals surface area contributed by atoms with E-state index < -0.39 is 0 Å². The van der Waals surface area contributed by atoms with E-state index in [1.165, 1.54) is 0 Å². The topological polar surface area (TPSA) is 46.9 Å². The molecule has 0 saturated carbocycles. The summed E-state index contributed by atoms with van der Waals surface area (Å²) in [6, 6.07) is 10.0. The molecule has 2 aromatic rings. The van der Waals surface area contributed by atoms with Crippen LogP contribution >= 0.6 is 0 Å². The van der Waals surface area contributed by atoms with E-state index in [9.17, 15) is 4.79 Å². The molecule has 4 heteroatoms. The van der Waals surface area contributed by atoms with Gasteiger partial charge in [0, 0.05) is 13.0 Å². The molecule has 4 nitrogen and oxygen atoms in total. The summed E-state index contributed by atoms with van der Waals surface area (Å²) >= 11 is 0. The lowest BCUT2D eigenvalue weighted by atomic mass is 9.88. The quantitative estimate of drug-likeness (QED) is 0.931. The molecule has 1 atom stereocenters. The molecule has 0 unspecified atom stereocenters. The zero-order chi connectivity index (χ0) is 14.1. The van der Waals surface area contributed by atoms with Crippen LogP contribution in [0.5, 0.6) is 0 Å². The Hall–Kier alpha value is -2.10. The van der Waals surface area contributed by atoms with Crippen LogP contribution in [0.2, 0.25) is 0 Å². The molecule has 1 aliphatic carbocycles. The Morgan fingerprint density at radius 1 is 1.30 bits per heavy atom. The fourth-order valence-electron chi connectivity index (χ4n) is 2.83. The maximum atomic E-state index is 12.3. The number of carbonyl (C=O) groups is 1. The molecule has 1 aromatic carbocycles. The van der Waals surface area contributed by atoms with Crippen molar-refractivity contribution in [2.45, 2.75) is 26.7 Å². The van der Waals surface area contributed by atoms with E-state index >= 15 is 0 Å². The number of benzene rings is 1. The highest BCUT2D eigenvalue weighted by atomic mass is 16.1. The number of fused-ring (bicyclic) bond motifs is 1. The standard InChI is InChI=1S/C16H19N3O/c1-3-17-16-15-13(9-11(2)10-14(15)20)19(18-16)12-7-5-4-6-8-12/h4-8,11H,3,9-10H2,1-2H3,(H,17,18)/t11-/m1/s1. The highest BCUT2D eigenvalue weighted by Gasteiger charge is 2.30. The lowest BCUT2D eigenvalue weighted by Gasteiger charge is -2.19. The minimum absolute atomic E-state index is 0.205. The van der Waals surface area contributed by atoms with Crippen LogP contribution in [0.3, 0.4) is 0 Å². The van der Waals surface area contributed by atoms with Gasteiger partial charge in [-0.25, -0.2) is 4.68 Å². The van der Waals surface area contributed by atoms with E-state index in [0.717, 1.165) is 35.7 Å². The number of nitrogens with zero attached hydrogens (tertiary/aromatic N) is 2. The van der Waals surface area contributed by atoms with E-state index in [4.69, 9.17) is 0 Å². The van der Waals surface area contributed by atoms with Crippen molar-refractivity contribution in [1.82, 2.24) is 9.78 Å². The molecule has 0 bridgehead atoms. The third-order valence-electron chi connectivity index (χ3n) is 3.68.